The summed E-state index contributed by atoms with van der Waals surface area (Å²) in [6.07, 6.45) is 1.82. The molecule has 0 N–H and O–H groups in total. The molecular weight excluding hydrogens is 440 g/mol. The number of benzene rings is 5. The smallest absolute Gasteiger partial charge is 0.153 e. The van der Waals surface area contributed by atoms with Crippen molar-refractivity contribution in [2.24, 2.45) is 0 Å². The molecule has 0 bridgehead atoms. The highest BCUT2D eigenvalue weighted by Crippen LogP contribution is 2.43. The van der Waals surface area contributed by atoms with Crippen molar-refractivity contribution in [3.05, 3.63) is 134 Å². The van der Waals surface area contributed by atoms with Gasteiger partial charge in [0, 0.05) is 17.6 Å². The zero-order chi connectivity index (χ0) is 23.9. The molecule has 3 nitrogen and oxygen atoms in total. The Morgan fingerprint density at radius 3 is 2.11 bits per heavy atom. The lowest BCUT2D eigenvalue weighted by Crippen LogP contribution is -2.10. The summed E-state index contributed by atoms with van der Waals surface area (Å²) in [5, 5.41) is 3.42. The molecule has 2 heterocycles. The Hall–Kier alpha value is -4.89. The summed E-state index contributed by atoms with van der Waals surface area (Å²) in [7, 11) is 0. The van der Waals surface area contributed by atoms with E-state index in [-0.39, 0.29) is 0 Å². The zero-order valence-corrected chi connectivity index (χ0v) is 19.5. The normalized spacial score (nSPS) is 11.3. The minimum atomic E-state index is 0.790. The molecule has 0 saturated carbocycles. The van der Waals surface area contributed by atoms with Crippen LogP contribution in [0.4, 0.5) is 17.1 Å². The molecule has 36 heavy (non-hydrogen) atoms. The van der Waals surface area contributed by atoms with Gasteiger partial charge in [0.2, 0.25) is 0 Å². The van der Waals surface area contributed by atoms with Crippen LogP contribution in [-0.4, -0.2) is 4.98 Å². The molecule has 0 spiro atoms. The maximum Gasteiger partial charge on any atom is 0.153 e. The van der Waals surface area contributed by atoms with Gasteiger partial charge in [0.05, 0.1) is 11.1 Å². The molecule has 0 aliphatic rings. The number of furan rings is 1. The minimum Gasteiger partial charge on any atom is -0.454 e. The summed E-state index contributed by atoms with van der Waals surface area (Å²) in [4.78, 5) is 6.98. The molecule has 7 rings (SSSR count). The highest BCUT2D eigenvalue weighted by atomic mass is 16.3. The molecule has 5 aromatic carbocycles. The number of rotatable bonds is 4. The van der Waals surface area contributed by atoms with Crippen LogP contribution < -0.4 is 4.90 Å². The first-order valence-electron chi connectivity index (χ1n) is 12.1. The molecule has 0 aliphatic heterocycles. The first kappa shape index (κ1) is 20.5. The van der Waals surface area contributed by atoms with Crippen molar-refractivity contribution in [3.8, 4) is 11.1 Å². The van der Waals surface area contributed by atoms with E-state index >= 15 is 0 Å². The summed E-state index contributed by atoms with van der Waals surface area (Å²) in [6, 6.07) is 44.4. The van der Waals surface area contributed by atoms with Crippen molar-refractivity contribution >= 4 is 49.9 Å². The quantitative estimate of drug-likeness (QED) is 0.261. The Labute approximate surface area is 208 Å². The lowest BCUT2D eigenvalue weighted by atomic mass is 10.0. The van der Waals surface area contributed by atoms with Gasteiger partial charge in [-0.25, -0.2) is 0 Å². The van der Waals surface area contributed by atoms with Crippen LogP contribution >= 0.6 is 0 Å². The van der Waals surface area contributed by atoms with Crippen molar-refractivity contribution < 1.29 is 4.42 Å². The Morgan fingerprint density at radius 1 is 0.528 bits per heavy atom. The van der Waals surface area contributed by atoms with Crippen LogP contribution in [0.15, 0.2) is 138 Å². The predicted molar refractivity (Wildman–Crippen MR) is 149 cm³/mol. The summed E-state index contributed by atoms with van der Waals surface area (Å²) >= 11 is 0. The maximum absolute atomic E-state index is 6.17. The third-order valence-electron chi connectivity index (χ3n) is 6.70. The van der Waals surface area contributed by atoms with Gasteiger partial charge in [0.1, 0.15) is 11.1 Å². The van der Waals surface area contributed by atoms with Crippen molar-refractivity contribution in [1.29, 1.82) is 0 Å². The van der Waals surface area contributed by atoms with Gasteiger partial charge < -0.3 is 9.32 Å². The molecular formula is C33H22N2O. The second-order valence-corrected chi connectivity index (χ2v) is 8.88. The molecule has 0 unspecified atom stereocenters. The topological polar surface area (TPSA) is 29.3 Å². The van der Waals surface area contributed by atoms with Crippen LogP contribution in [0.25, 0.3) is 44.0 Å². The lowest BCUT2D eigenvalue weighted by Gasteiger charge is -2.26. The van der Waals surface area contributed by atoms with E-state index in [0.29, 0.717) is 0 Å². The van der Waals surface area contributed by atoms with E-state index in [1.807, 2.05) is 36.5 Å². The first-order valence-corrected chi connectivity index (χ1v) is 12.1. The number of fused-ring (bicyclic) bond motifs is 4. The van der Waals surface area contributed by atoms with Crippen LogP contribution in [0, 0.1) is 0 Å². The van der Waals surface area contributed by atoms with E-state index in [0.717, 1.165) is 39.1 Å². The van der Waals surface area contributed by atoms with Crippen LogP contribution in [0.3, 0.4) is 0 Å². The fourth-order valence-corrected chi connectivity index (χ4v) is 4.98. The molecule has 3 heteroatoms. The van der Waals surface area contributed by atoms with E-state index in [1.54, 1.807) is 0 Å². The van der Waals surface area contributed by atoms with E-state index in [4.69, 9.17) is 4.42 Å². The van der Waals surface area contributed by atoms with Gasteiger partial charge in [-0.2, -0.15) is 0 Å². The Kier molecular flexibility index (Phi) is 4.78. The Balaban J connectivity index is 1.47. The van der Waals surface area contributed by atoms with Gasteiger partial charge in [-0.05, 0) is 70.4 Å². The average Bonchev–Trinajstić information content (AvgIpc) is 3.33. The van der Waals surface area contributed by atoms with Gasteiger partial charge >= 0.3 is 0 Å². The number of anilines is 3. The predicted octanol–water partition coefficient (Wildman–Crippen LogP) is 9.27. The van der Waals surface area contributed by atoms with Crippen molar-refractivity contribution in [2.75, 3.05) is 4.90 Å². The van der Waals surface area contributed by atoms with Crippen LogP contribution in [0.2, 0.25) is 0 Å². The third kappa shape index (κ3) is 3.41. The number of hydrogen-bond acceptors (Lipinski definition) is 3. The number of hydrogen-bond donors (Lipinski definition) is 0. The van der Waals surface area contributed by atoms with E-state index < -0.39 is 0 Å². The van der Waals surface area contributed by atoms with E-state index in [9.17, 15) is 0 Å². The monoisotopic (exact) mass is 462 g/mol. The summed E-state index contributed by atoms with van der Waals surface area (Å²) < 4.78 is 6.17. The number of nitrogens with zero attached hydrogens (tertiary/aromatic N) is 2. The molecule has 2 aromatic heterocycles. The highest BCUT2D eigenvalue weighted by molar-refractivity contribution is 6.11. The van der Waals surface area contributed by atoms with E-state index in [1.165, 1.54) is 21.9 Å². The summed E-state index contributed by atoms with van der Waals surface area (Å²) in [6.45, 7) is 0. The molecule has 0 radical (unpaired) electrons. The zero-order valence-electron chi connectivity index (χ0n) is 19.5. The maximum atomic E-state index is 6.17. The van der Waals surface area contributed by atoms with Gasteiger partial charge in [-0.3, -0.25) is 4.98 Å². The minimum absolute atomic E-state index is 0.790. The molecule has 0 aliphatic carbocycles. The molecule has 0 fully saturated rings. The fraction of sp³-hybridized carbons (Fsp3) is 0. The standard InChI is InChI=1S/C33H22N2O/c1-2-8-23(9-3-1)25-15-18-27(19-16-25)35(28-20-17-24-10-4-5-11-26(24)22-28)29-12-6-13-30-32(29)33-31(36-30)14-7-21-34-33/h1-22H. The van der Waals surface area contributed by atoms with Gasteiger partial charge in [-0.1, -0.05) is 78.9 Å². The van der Waals surface area contributed by atoms with Gasteiger partial charge in [0.15, 0.2) is 5.58 Å². The fourth-order valence-electron chi connectivity index (χ4n) is 4.98. The number of pyridine rings is 1. The molecule has 0 amide bonds. The van der Waals surface area contributed by atoms with Crippen molar-refractivity contribution in [1.82, 2.24) is 4.98 Å². The van der Waals surface area contributed by atoms with Crippen LogP contribution in [-0.2, 0) is 0 Å². The largest absolute Gasteiger partial charge is 0.454 e. The van der Waals surface area contributed by atoms with Gasteiger partial charge in [-0.15, -0.1) is 0 Å². The second kappa shape index (κ2) is 8.40. The van der Waals surface area contributed by atoms with Crippen molar-refractivity contribution in [3.63, 3.8) is 0 Å². The Bertz CT molecular complexity index is 1840. The lowest BCUT2D eigenvalue weighted by molar-refractivity contribution is 0.668. The second-order valence-electron chi connectivity index (χ2n) is 8.88. The number of aromatic nitrogens is 1. The van der Waals surface area contributed by atoms with Crippen molar-refractivity contribution in [2.45, 2.75) is 0 Å². The first-order chi connectivity index (χ1) is 17.8. The Morgan fingerprint density at radius 2 is 1.25 bits per heavy atom. The van der Waals surface area contributed by atoms with Gasteiger partial charge in [0.25, 0.3) is 0 Å². The highest BCUT2D eigenvalue weighted by Gasteiger charge is 2.20. The van der Waals surface area contributed by atoms with E-state index in [2.05, 4.69) is 107 Å². The molecule has 170 valence electrons. The molecule has 0 saturated heterocycles. The third-order valence-corrected chi connectivity index (χ3v) is 6.70. The SMILES string of the molecule is c1ccc(-c2ccc(N(c3ccc4ccccc4c3)c3cccc4oc5cccnc5c34)cc2)cc1. The molecule has 7 aromatic rings. The van der Waals surface area contributed by atoms with Crippen LogP contribution in [0.5, 0.6) is 0 Å². The molecule has 0 atom stereocenters. The summed E-state index contributed by atoms with van der Waals surface area (Å²) in [5.74, 6) is 0. The summed E-state index contributed by atoms with van der Waals surface area (Å²) in [5.41, 5.74) is 8.06. The average molecular weight is 463 g/mol. The van der Waals surface area contributed by atoms with Crippen LogP contribution in [0.1, 0.15) is 0 Å².